The van der Waals surface area contributed by atoms with Crippen molar-refractivity contribution >= 4 is 12.4 Å². The molecular formula is C19H22ClNO3. The Hall–Kier alpha value is -1.75. The molecule has 0 spiro atoms. The van der Waals surface area contributed by atoms with Crippen molar-refractivity contribution < 1.29 is 14.2 Å². The molecule has 2 unspecified atom stereocenters. The number of morpholine rings is 1. The smallest absolute Gasteiger partial charge is 0.125 e. The van der Waals surface area contributed by atoms with Gasteiger partial charge in [-0.15, -0.1) is 12.4 Å². The van der Waals surface area contributed by atoms with Gasteiger partial charge >= 0.3 is 0 Å². The zero-order valence-corrected chi connectivity index (χ0v) is 14.3. The quantitative estimate of drug-likeness (QED) is 0.922. The fourth-order valence-electron chi connectivity index (χ4n) is 3.22. The molecule has 2 aromatic rings. The van der Waals surface area contributed by atoms with Crippen LogP contribution in [-0.2, 0) is 11.3 Å². The van der Waals surface area contributed by atoms with E-state index in [0.717, 1.165) is 48.8 Å². The van der Waals surface area contributed by atoms with Gasteiger partial charge in [0.2, 0.25) is 0 Å². The van der Waals surface area contributed by atoms with Gasteiger partial charge in [0.25, 0.3) is 0 Å². The number of nitrogens with one attached hydrogen (secondary N) is 1. The topological polar surface area (TPSA) is 39.7 Å². The second-order valence-corrected chi connectivity index (χ2v) is 5.96. The van der Waals surface area contributed by atoms with Gasteiger partial charge in [0.05, 0.1) is 13.2 Å². The van der Waals surface area contributed by atoms with Crippen LogP contribution in [0, 0.1) is 0 Å². The number of rotatable bonds is 3. The van der Waals surface area contributed by atoms with Crippen molar-refractivity contribution in [3.05, 3.63) is 59.7 Å². The molecule has 24 heavy (non-hydrogen) atoms. The van der Waals surface area contributed by atoms with Crippen LogP contribution in [0.3, 0.4) is 0 Å². The number of fused-ring (bicyclic) bond motifs is 3. The highest BCUT2D eigenvalue weighted by Gasteiger charge is 2.32. The molecule has 0 aromatic heterocycles. The molecule has 2 aliphatic rings. The Labute approximate surface area is 148 Å². The van der Waals surface area contributed by atoms with Gasteiger partial charge in [0, 0.05) is 18.2 Å². The largest absolute Gasteiger partial charge is 0.493 e. The Morgan fingerprint density at radius 1 is 1.08 bits per heavy atom. The molecule has 0 radical (unpaired) electrons. The van der Waals surface area contributed by atoms with E-state index in [1.165, 1.54) is 0 Å². The van der Waals surface area contributed by atoms with E-state index < -0.39 is 0 Å². The van der Waals surface area contributed by atoms with Crippen molar-refractivity contribution in [3.8, 4) is 11.5 Å². The maximum atomic E-state index is 6.01. The molecule has 4 rings (SSSR count). The van der Waals surface area contributed by atoms with E-state index in [9.17, 15) is 0 Å². The van der Waals surface area contributed by atoms with E-state index in [-0.39, 0.29) is 18.5 Å². The van der Waals surface area contributed by atoms with Gasteiger partial charge in [-0.1, -0.05) is 30.3 Å². The predicted octanol–water partition coefficient (Wildman–Crippen LogP) is 3.50. The third-order valence-electron chi connectivity index (χ3n) is 4.39. The number of hydrogen-bond acceptors (Lipinski definition) is 4. The van der Waals surface area contributed by atoms with Crippen molar-refractivity contribution in [3.63, 3.8) is 0 Å². The molecule has 2 aliphatic heterocycles. The van der Waals surface area contributed by atoms with E-state index in [2.05, 4.69) is 23.5 Å². The Balaban J connectivity index is 0.00000169. The first-order chi connectivity index (χ1) is 11.4. The summed E-state index contributed by atoms with van der Waals surface area (Å²) in [5, 5.41) is 3.53. The number of benzene rings is 2. The second kappa shape index (κ2) is 7.88. The first kappa shape index (κ1) is 17.1. The maximum Gasteiger partial charge on any atom is 0.125 e. The fraction of sp³-hybridized carbons (Fsp3) is 0.368. The predicted molar refractivity (Wildman–Crippen MR) is 95.1 cm³/mol. The SMILES string of the molecule is Cl.c1ccc(COc2ccc3c(c2)C2OCCNC2CCO3)cc1. The van der Waals surface area contributed by atoms with E-state index >= 15 is 0 Å². The van der Waals surface area contributed by atoms with Crippen LogP contribution < -0.4 is 14.8 Å². The standard InChI is InChI=1S/C19H21NO3.ClH/c1-2-4-14(5-3-1)13-23-15-6-7-18-16(12-15)19-17(8-10-21-18)20-9-11-22-19;/h1-7,12,17,19-20H,8-11,13H2;1H. The molecule has 2 aromatic carbocycles. The van der Waals surface area contributed by atoms with Crippen molar-refractivity contribution in [2.75, 3.05) is 19.8 Å². The molecule has 0 saturated carbocycles. The van der Waals surface area contributed by atoms with E-state index in [1.807, 2.05) is 30.3 Å². The van der Waals surface area contributed by atoms with Gasteiger partial charge in [-0.05, 0) is 30.2 Å². The Bertz CT molecular complexity index is 665. The van der Waals surface area contributed by atoms with Crippen LogP contribution >= 0.6 is 12.4 Å². The van der Waals surface area contributed by atoms with Crippen molar-refractivity contribution in [2.24, 2.45) is 0 Å². The lowest BCUT2D eigenvalue weighted by molar-refractivity contribution is -0.00596. The summed E-state index contributed by atoms with van der Waals surface area (Å²) in [6.45, 7) is 2.92. The van der Waals surface area contributed by atoms with Crippen molar-refractivity contribution in [1.29, 1.82) is 0 Å². The third-order valence-corrected chi connectivity index (χ3v) is 4.39. The van der Waals surface area contributed by atoms with Crippen LogP contribution in [-0.4, -0.2) is 25.8 Å². The van der Waals surface area contributed by atoms with Crippen LogP contribution in [0.25, 0.3) is 0 Å². The lowest BCUT2D eigenvalue weighted by Crippen LogP contribution is -2.43. The minimum Gasteiger partial charge on any atom is -0.493 e. The third kappa shape index (κ3) is 3.66. The summed E-state index contributed by atoms with van der Waals surface area (Å²) < 4.78 is 17.8. The minimum atomic E-state index is 0. The molecule has 2 heterocycles. The Morgan fingerprint density at radius 2 is 1.96 bits per heavy atom. The van der Waals surface area contributed by atoms with Crippen LogP contribution in [0.2, 0.25) is 0 Å². The van der Waals surface area contributed by atoms with Gasteiger partial charge in [0.1, 0.15) is 24.2 Å². The number of ether oxygens (including phenoxy) is 3. The summed E-state index contributed by atoms with van der Waals surface area (Å²) in [4.78, 5) is 0. The van der Waals surface area contributed by atoms with Crippen LogP contribution in [0.15, 0.2) is 48.5 Å². The summed E-state index contributed by atoms with van der Waals surface area (Å²) >= 11 is 0. The summed E-state index contributed by atoms with van der Waals surface area (Å²) in [7, 11) is 0. The van der Waals surface area contributed by atoms with Crippen molar-refractivity contribution in [2.45, 2.75) is 25.2 Å². The van der Waals surface area contributed by atoms with Gasteiger partial charge in [-0.2, -0.15) is 0 Å². The lowest BCUT2D eigenvalue weighted by Gasteiger charge is -2.31. The average molecular weight is 348 g/mol. The zero-order valence-electron chi connectivity index (χ0n) is 13.4. The molecule has 1 saturated heterocycles. The van der Waals surface area contributed by atoms with E-state index in [1.54, 1.807) is 0 Å². The zero-order chi connectivity index (χ0) is 15.5. The molecule has 5 heteroatoms. The molecular weight excluding hydrogens is 326 g/mol. The molecule has 0 bridgehead atoms. The van der Waals surface area contributed by atoms with Crippen LogP contribution in [0.4, 0.5) is 0 Å². The number of halogens is 1. The molecule has 2 atom stereocenters. The fourth-order valence-corrected chi connectivity index (χ4v) is 3.22. The monoisotopic (exact) mass is 347 g/mol. The van der Waals surface area contributed by atoms with Crippen LogP contribution in [0.5, 0.6) is 11.5 Å². The normalized spacial score (nSPS) is 22.2. The molecule has 1 N–H and O–H groups in total. The first-order valence-corrected chi connectivity index (χ1v) is 8.18. The molecule has 1 fully saturated rings. The lowest BCUT2D eigenvalue weighted by atomic mass is 9.98. The first-order valence-electron chi connectivity index (χ1n) is 8.18. The number of hydrogen-bond donors (Lipinski definition) is 1. The van der Waals surface area contributed by atoms with Crippen molar-refractivity contribution in [1.82, 2.24) is 5.32 Å². The molecule has 0 aliphatic carbocycles. The average Bonchev–Trinajstić information content (AvgIpc) is 2.80. The second-order valence-electron chi connectivity index (χ2n) is 5.96. The highest BCUT2D eigenvalue weighted by atomic mass is 35.5. The Morgan fingerprint density at radius 3 is 2.83 bits per heavy atom. The minimum absolute atomic E-state index is 0. The molecule has 0 amide bonds. The Kier molecular flexibility index (Phi) is 5.61. The summed E-state index contributed by atoms with van der Waals surface area (Å²) in [6, 6.07) is 16.5. The van der Waals surface area contributed by atoms with Gasteiger partial charge in [-0.3, -0.25) is 0 Å². The summed E-state index contributed by atoms with van der Waals surface area (Å²) in [5.41, 5.74) is 2.25. The van der Waals surface area contributed by atoms with Crippen LogP contribution in [0.1, 0.15) is 23.7 Å². The van der Waals surface area contributed by atoms with Gasteiger partial charge in [0.15, 0.2) is 0 Å². The molecule has 128 valence electrons. The highest BCUT2D eigenvalue weighted by Crippen LogP contribution is 2.37. The maximum absolute atomic E-state index is 6.01. The highest BCUT2D eigenvalue weighted by molar-refractivity contribution is 5.85. The van der Waals surface area contributed by atoms with E-state index in [4.69, 9.17) is 14.2 Å². The summed E-state index contributed by atoms with van der Waals surface area (Å²) in [6.07, 6.45) is 1.00. The van der Waals surface area contributed by atoms with Gasteiger partial charge in [-0.25, -0.2) is 0 Å². The van der Waals surface area contributed by atoms with Gasteiger partial charge < -0.3 is 19.5 Å². The van der Waals surface area contributed by atoms with E-state index in [0.29, 0.717) is 12.6 Å². The molecule has 4 nitrogen and oxygen atoms in total. The summed E-state index contributed by atoms with van der Waals surface area (Å²) in [5.74, 6) is 1.76.